The summed E-state index contributed by atoms with van der Waals surface area (Å²) in [6, 6.07) is 6.72. The van der Waals surface area contributed by atoms with Crippen molar-refractivity contribution in [2.24, 2.45) is 5.41 Å². The molecule has 1 aromatic carbocycles. The third kappa shape index (κ3) is 3.06. The summed E-state index contributed by atoms with van der Waals surface area (Å²) in [5, 5.41) is 6.11. The van der Waals surface area contributed by atoms with Gasteiger partial charge in [-0.1, -0.05) is 26.0 Å². The van der Waals surface area contributed by atoms with Crippen molar-refractivity contribution in [2.75, 3.05) is 13.6 Å². The molecule has 3 heterocycles. The third-order valence-corrected chi connectivity index (χ3v) is 8.49. The van der Waals surface area contributed by atoms with Crippen molar-refractivity contribution >= 4 is 23.5 Å². The Morgan fingerprint density at radius 1 is 1.00 bits per heavy atom. The standard InChI is InChI=1S/C23H36BN3O2/c1-20(2)19(12-13-26(9)21(20,3)4)27-15-16-14-17(10-11-18(16)25-27)24-28-22(5,6)23(7,8)29-24/h10-11,14-15,19H,12-13H2,1-9H3. The van der Waals surface area contributed by atoms with E-state index >= 15 is 0 Å². The number of nitrogens with zero attached hydrogens (tertiary/aromatic N) is 3. The van der Waals surface area contributed by atoms with Crippen molar-refractivity contribution in [3.05, 3.63) is 24.4 Å². The van der Waals surface area contributed by atoms with Crippen LogP contribution >= 0.6 is 0 Å². The molecule has 2 aromatic rings. The lowest BCUT2D eigenvalue weighted by Crippen LogP contribution is -2.59. The molecule has 2 fully saturated rings. The lowest BCUT2D eigenvalue weighted by Gasteiger charge is -2.56. The minimum absolute atomic E-state index is 0.0938. The minimum Gasteiger partial charge on any atom is -0.399 e. The molecule has 0 amide bonds. The fraction of sp³-hybridized carbons (Fsp3) is 0.696. The van der Waals surface area contributed by atoms with Gasteiger partial charge in [0.2, 0.25) is 0 Å². The van der Waals surface area contributed by atoms with E-state index in [1.807, 2.05) is 0 Å². The molecular weight excluding hydrogens is 361 g/mol. The molecule has 0 bridgehead atoms. The van der Waals surface area contributed by atoms with E-state index in [9.17, 15) is 0 Å². The molecule has 1 atom stereocenters. The van der Waals surface area contributed by atoms with Gasteiger partial charge in [0.15, 0.2) is 0 Å². The maximum absolute atomic E-state index is 6.24. The largest absolute Gasteiger partial charge is 0.494 e. The van der Waals surface area contributed by atoms with Crippen LogP contribution in [0, 0.1) is 5.41 Å². The molecule has 1 aromatic heterocycles. The second-order valence-electron chi connectivity index (χ2n) is 11.0. The van der Waals surface area contributed by atoms with Gasteiger partial charge in [-0.2, -0.15) is 5.10 Å². The van der Waals surface area contributed by atoms with Crippen molar-refractivity contribution < 1.29 is 9.31 Å². The number of piperidine rings is 1. The average molecular weight is 397 g/mol. The Hall–Kier alpha value is -1.37. The van der Waals surface area contributed by atoms with E-state index in [0.29, 0.717) is 6.04 Å². The second-order valence-corrected chi connectivity index (χ2v) is 11.0. The molecule has 0 radical (unpaired) electrons. The monoisotopic (exact) mass is 397 g/mol. The van der Waals surface area contributed by atoms with Gasteiger partial charge >= 0.3 is 7.12 Å². The zero-order chi connectivity index (χ0) is 21.4. The van der Waals surface area contributed by atoms with E-state index in [2.05, 4.69) is 96.4 Å². The van der Waals surface area contributed by atoms with Crippen LogP contribution in [-0.2, 0) is 9.31 Å². The van der Waals surface area contributed by atoms with E-state index in [1.165, 1.54) is 0 Å². The van der Waals surface area contributed by atoms with Gasteiger partial charge in [-0.15, -0.1) is 0 Å². The van der Waals surface area contributed by atoms with E-state index in [0.717, 1.165) is 29.3 Å². The number of hydrogen-bond acceptors (Lipinski definition) is 4. The highest BCUT2D eigenvalue weighted by molar-refractivity contribution is 6.62. The summed E-state index contributed by atoms with van der Waals surface area (Å²) in [4.78, 5) is 2.48. The molecule has 29 heavy (non-hydrogen) atoms. The number of benzene rings is 1. The summed E-state index contributed by atoms with van der Waals surface area (Å²) in [5.41, 5.74) is 1.61. The molecule has 0 spiro atoms. The molecular formula is C23H36BN3O2. The fourth-order valence-corrected chi connectivity index (χ4v) is 4.67. The summed E-state index contributed by atoms with van der Waals surface area (Å²) in [5.74, 6) is 0. The third-order valence-electron chi connectivity index (χ3n) is 8.49. The SMILES string of the molecule is CN1CCC(n2cc3cc(B4OC(C)(C)C(C)(C)O4)ccc3n2)C(C)(C)C1(C)C. The van der Waals surface area contributed by atoms with E-state index in [1.54, 1.807) is 0 Å². The summed E-state index contributed by atoms with van der Waals surface area (Å²) in [6.45, 7) is 18.9. The molecule has 0 N–H and O–H groups in total. The Morgan fingerprint density at radius 2 is 1.62 bits per heavy atom. The van der Waals surface area contributed by atoms with Crippen LogP contribution in [0.2, 0.25) is 0 Å². The Balaban J connectivity index is 1.67. The Bertz CT molecular complexity index is 915. The van der Waals surface area contributed by atoms with Crippen molar-refractivity contribution in [3.8, 4) is 0 Å². The topological polar surface area (TPSA) is 39.5 Å². The van der Waals surface area contributed by atoms with E-state index in [4.69, 9.17) is 14.4 Å². The maximum atomic E-state index is 6.24. The van der Waals surface area contributed by atoms with Crippen LogP contribution in [0.5, 0.6) is 0 Å². The minimum atomic E-state index is -0.341. The molecule has 6 heteroatoms. The van der Waals surface area contributed by atoms with Crippen LogP contribution in [0.25, 0.3) is 10.9 Å². The van der Waals surface area contributed by atoms with Crippen LogP contribution < -0.4 is 5.46 Å². The molecule has 4 rings (SSSR count). The summed E-state index contributed by atoms with van der Waals surface area (Å²) in [6.07, 6.45) is 3.31. The van der Waals surface area contributed by atoms with Crippen LogP contribution in [0.15, 0.2) is 24.4 Å². The number of aromatic nitrogens is 2. The molecule has 0 saturated carbocycles. The highest BCUT2D eigenvalue weighted by Crippen LogP contribution is 2.49. The Morgan fingerprint density at radius 3 is 2.24 bits per heavy atom. The predicted octanol–water partition coefficient (Wildman–Crippen LogP) is 4.02. The predicted molar refractivity (Wildman–Crippen MR) is 120 cm³/mol. The second kappa shape index (κ2) is 6.32. The summed E-state index contributed by atoms with van der Waals surface area (Å²) < 4.78 is 14.7. The molecule has 5 nitrogen and oxygen atoms in total. The number of likely N-dealkylation sites (tertiary alicyclic amines) is 1. The summed E-state index contributed by atoms with van der Waals surface area (Å²) >= 11 is 0. The quantitative estimate of drug-likeness (QED) is 0.718. The lowest BCUT2D eigenvalue weighted by molar-refractivity contribution is -0.0546. The highest BCUT2D eigenvalue weighted by atomic mass is 16.7. The lowest BCUT2D eigenvalue weighted by atomic mass is 9.65. The van der Waals surface area contributed by atoms with Crippen molar-refractivity contribution in [1.82, 2.24) is 14.7 Å². The van der Waals surface area contributed by atoms with E-state index in [-0.39, 0.29) is 29.3 Å². The highest BCUT2D eigenvalue weighted by Gasteiger charge is 2.52. The van der Waals surface area contributed by atoms with E-state index < -0.39 is 0 Å². The zero-order valence-corrected chi connectivity index (χ0v) is 19.5. The summed E-state index contributed by atoms with van der Waals surface area (Å²) in [7, 11) is 1.89. The van der Waals surface area contributed by atoms with Gasteiger partial charge < -0.3 is 14.2 Å². The van der Waals surface area contributed by atoms with Gasteiger partial charge in [0.05, 0.1) is 22.8 Å². The Kier molecular flexibility index (Phi) is 4.55. The van der Waals surface area contributed by atoms with Gasteiger partial charge in [-0.3, -0.25) is 4.68 Å². The number of rotatable bonds is 2. The first kappa shape index (κ1) is 20.9. The van der Waals surface area contributed by atoms with Crippen LogP contribution in [0.4, 0.5) is 0 Å². The van der Waals surface area contributed by atoms with Gasteiger partial charge in [-0.05, 0) is 66.5 Å². The van der Waals surface area contributed by atoms with Crippen LogP contribution in [0.3, 0.4) is 0 Å². The first-order valence-electron chi connectivity index (χ1n) is 10.8. The first-order valence-corrected chi connectivity index (χ1v) is 10.8. The molecule has 2 saturated heterocycles. The van der Waals surface area contributed by atoms with Crippen molar-refractivity contribution in [1.29, 1.82) is 0 Å². The van der Waals surface area contributed by atoms with Gasteiger partial charge in [-0.25, -0.2) is 0 Å². The van der Waals surface area contributed by atoms with Crippen molar-refractivity contribution in [2.45, 2.75) is 84.6 Å². The molecule has 1 unspecified atom stereocenters. The van der Waals surface area contributed by atoms with Gasteiger partial charge in [0.25, 0.3) is 0 Å². The number of fused-ring (bicyclic) bond motifs is 1. The molecule has 2 aliphatic heterocycles. The normalized spacial score (nSPS) is 28.2. The number of hydrogen-bond donors (Lipinski definition) is 0. The molecule has 158 valence electrons. The molecule has 0 aliphatic carbocycles. The Labute approximate surface area is 175 Å². The maximum Gasteiger partial charge on any atom is 0.494 e. The fourth-order valence-electron chi connectivity index (χ4n) is 4.67. The average Bonchev–Trinajstić information content (AvgIpc) is 3.10. The van der Waals surface area contributed by atoms with Gasteiger partial charge in [0.1, 0.15) is 0 Å². The smallest absolute Gasteiger partial charge is 0.399 e. The van der Waals surface area contributed by atoms with Crippen molar-refractivity contribution in [3.63, 3.8) is 0 Å². The molecule has 2 aliphatic rings. The van der Waals surface area contributed by atoms with Crippen LogP contribution in [0.1, 0.15) is 67.9 Å². The van der Waals surface area contributed by atoms with Gasteiger partial charge in [0, 0.05) is 29.1 Å². The first-order chi connectivity index (χ1) is 13.3. The van der Waals surface area contributed by atoms with Crippen LogP contribution in [-0.4, -0.2) is 52.1 Å². The zero-order valence-electron chi connectivity index (χ0n) is 19.5.